The minimum absolute atomic E-state index is 0.209. The molecule has 0 aliphatic rings. The zero-order chi connectivity index (χ0) is 13.5. The van der Waals surface area contributed by atoms with Crippen LogP contribution in [0.4, 0.5) is 5.69 Å². The van der Waals surface area contributed by atoms with Gasteiger partial charge in [-0.2, -0.15) is 0 Å². The van der Waals surface area contributed by atoms with Crippen LogP contribution in [0.1, 0.15) is 17.3 Å². The van der Waals surface area contributed by atoms with Crippen molar-refractivity contribution >= 4 is 34.0 Å². The lowest BCUT2D eigenvalue weighted by atomic mass is 10.1. The summed E-state index contributed by atoms with van der Waals surface area (Å²) in [5, 5.41) is 6.34. The molecule has 1 rings (SSSR count). The molecular weight excluding hydrogens is 272 g/mol. The van der Waals surface area contributed by atoms with Crippen LogP contribution < -0.4 is 10.6 Å². The van der Waals surface area contributed by atoms with Gasteiger partial charge in [0.2, 0.25) is 0 Å². The number of rotatable bonds is 6. The molecule has 0 bridgehead atoms. The first-order chi connectivity index (χ1) is 8.54. The van der Waals surface area contributed by atoms with Crippen molar-refractivity contribution in [1.82, 2.24) is 5.32 Å². The molecule has 0 saturated heterocycles. The van der Waals surface area contributed by atoms with Crippen molar-refractivity contribution in [2.45, 2.75) is 6.92 Å². The highest BCUT2D eigenvalue weighted by Gasteiger charge is 2.11. The Kier molecular flexibility index (Phi) is 6.15. The molecule has 18 heavy (non-hydrogen) atoms. The van der Waals surface area contributed by atoms with E-state index in [-0.39, 0.29) is 5.91 Å². The first kappa shape index (κ1) is 15.0. The summed E-state index contributed by atoms with van der Waals surface area (Å²) >= 11 is 5.89. The van der Waals surface area contributed by atoms with Crippen LogP contribution in [0.25, 0.3) is 0 Å². The average Bonchev–Trinajstić information content (AvgIpc) is 2.31. The minimum atomic E-state index is -0.908. The molecule has 0 fully saturated rings. The van der Waals surface area contributed by atoms with Gasteiger partial charge >= 0.3 is 0 Å². The second-order valence-electron chi connectivity index (χ2n) is 3.75. The van der Waals surface area contributed by atoms with Gasteiger partial charge < -0.3 is 10.6 Å². The molecule has 0 aliphatic heterocycles. The van der Waals surface area contributed by atoms with Crippen LogP contribution in [0.15, 0.2) is 18.2 Å². The van der Waals surface area contributed by atoms with Gasteiger partial charge in [-0.3, -0.25) is 9.00 Å². The molecule has 0 aliphatic carbocycles. The Morgan fingerprint density at radius 2 is 2.17 bits per heavy atom. The first-order valence-corrected chi connectivity index (χ1v) is 7.76. The Bertz CT molecular complexity index is 452. The second kappa shape index (κ2) is 7.38. The number of halogens is 1. The number of amides is 1. The Morgan fingerprint density at radius 3 is 2.78 bits per heavy atom. The number of hydrogen-bond acceptors (Lipinski definition) is 3. The van der Waals surface area contributed by atoms with E-state index in [1.54, 1.807) is 24.5 Å². The van der Waals surface area contributed by atoms with Gasteiger partial charge in [0.05, 0.1) is 5.56 Å². The first-order valence-electron chi connectivity index (χ1n) is 5.66. The Balaban J connectivity index is 2.76. The van der Waals surface area contributed by atoms with E-state index in [2.05, 4.69) is 10.6 Å². The summed E-state index contributed by atoms with van der Waals surface area (Å²) in [7, 11) is -0.908. The lowest BCUT2D eigenvalue weighted by Crippen LogP contribution is -2.28. The predicted molar refractivity (Wildman–Crippen MR) is 76.9 cm³/mol. The SMILES string of the molecule is CCNc1ccc(Cl)cc1C(=O)NCCS(C)=O. The van der Waals surface area contributed by atoms with Crippen LogP contribution in [0.2, 0.25) is 5.02 Å². The van der Waals surface area contributed by atoms with Crippen LogP contribution in [-0.4, -0.2) is 35.2 Å². The highest BCUT2D eigenvalue weighted by Crippen LogP contribution is 2.20. The molecule has 0 radical (unpaired) electrons. The Hall–Kier alpha value is -1.07. The molecular formula is C12H17ClN2O2S. The van der Waals surface area contributed by atoms with Gasteiger partial charge in [0.1, 0.15) is 0 Å². The monoisotopic (exact) mass is 288 g/mol. The van der Waals surface area contributed by atoms with Crippen molar-refractivity contribution in [3.8, 4) is 0 Å². The molecule has 0 saturated carbocycles. The van der Waals surface area contributed by atoms with Gasteiger partial charge in [-0.25, -0.2) is 0 Å². The van der Waals surface area contributed by atoms with Gasteiger partial charge in [0, 0.05) is 46.6 Å². The van der Waals surface area contributed by atoms with Crippen molar-refractivity contribution in [2.75, 3.05) is 30.4 Å². The maximum atomic E-state index is 12.0. The largest absolute Gasteiger partial charge is 0.385 e. The van der Waals surface area contributed by atoms with Crippen LogP contribution in [0.3, 0.4) is 0 Å². The summed E-state index contributed by atoms with van der Waals surface area (Å²) in [6.45, 7) is 3.07. The molecule has 100 valence electrons. The van der Waals surface area contributed by atoms with E-state index in [9.17, 15) is 9.00 Å². The van der Waals surface area contributed by atoms with Crippen molar-refractivity contribution in [3.63, 3.8) is 0 Å². The summed E-state index contributed by atoms with van der Waals surface area (Å²) < 4.78 is 10.9. The van der Waals surface area contributed by atoms with Crippen LogP contribution in [-0.2, 0) is 10.8 Å². The summed E-state index contributed by atoms with van der Waals surface area (Å²) in [4.78, 5) is 12.0. The van der Waals surface area contributed by atoms with Crippen LogP contribution >= 0.6 is 11.6 Å². The highest BCUT2D eigenvalue weighted by atomic mass is 35.5. The minimum Gasteiger partial charge on any atom is -0.385 e. The number of hydrogen-bond donors (Lipinski definition) is 2. The fraction of sp³-hybridized carbons (Fsp3) is 0.417. The van der Waals surface area contributed by atoms with E-state index in [0.29, 0.717) is 22.9 Å². The molecule has 0 heterocycles. The summed E-state index contributed by atoms with van der Waals surface area (Å²) in [6.07, 6.45) is 1.61. The lowest BCUT2D eigenvalue weighted by Gasteiger charge is -2.11. The molecule has 0 aromatic heterocycles. The second-order valence-corrected chi connectivity index (χ2v) is 5.74. The smallest absolute Gasteiger partial charge is 0.253 e. The van der Waals surface area contributed by atoms with Gasteiger partial charge in [0.15, 0.2) is 0 Å². The third kappa shape index (κ3) is 4.66. The molecule has 1 atom stereocenters. The van der Waals surface area contributed by atoms with E-state index < -0.39 is 10.8 Å². The molecule has 1 unspecified atom stereocenters. The van der Waals surface area contributed by atoms with E-state index in [0.717, 1.165) is 12.2 Å². The van der Waals surface area contributed by atoms with Gasteiger partial charge in [-0.15, -0.1) is 0 Å². The number of anilines is 1. The summed E-state index contributed by atoms with van der Waals surface area (Å²) in [6, 6.07) is 5.13. The summed E-state index contributed by atoms with van der Waals surface area (Å²) in [5.74, 6) is 0.238. The number of carbonyl (C=O) groups is 1. The highest BCUT2D eigenvalue weighted by molar-refractivity contribution is 7.84. The summed E-state index contributed by atoms with van der Waals surface area (Å²) in [5.41, 5.74) is 1.25. The Morgan fingerprint density at radius 1 is 1.44 bits per heavy atom. The average molecular weight is 289 g/mol. The van der Waals surface area contributed by atoms with E-state index in [1.165, 1.54) is 0 Å². The topological polar surface area (TPSA) is 58.2 Å². The molecule has 1 aromatic carbocycles. The van der Waals surface area contributed by atoms with Gasteiger partial charge in [-0.1, -0.05) is 11.6 Å². The maximum Gasteiger partial charge on any atom is 0.253 e. The van der Waals surface area contributed by atoms with Crippen LogP contribution in [0.5, 0.6) is 0 Å². The number of benzene rings is 1. The van der Waals surface area contributed by atoms with Crippen molar-refractivity contribution < 1.29 is 9.00 Å². The maximum absolute atomic E-state index is 12.0. The standard InChI is InChI=1S/C12H17ClN2O2S/c1-3-14-11-5-4-9(13)8-10(11)12(16)15-6-7-18(2)17/h4-5,8,14H,3,6-7H2,1-2H3,(H,15,16). The molecule has 2 N–H and O–H groups in total. The molecule has 6 heteroatoms. The molecule has 1 aromatic rings. The zero-order valence-electron chi connectivity index (χ0n) is 10.5. The number of nitrogens with one attached hydrogen (secondary N) is 2. The molecule has 0 spiro atoms. The van der Waals surface area contributed by atoms with Crippen molar-refractivity contribution in [3.05, 3.63) is 28.8 Å². The Labute approximate surface area is 115 Å². The predicted octanol–water partition coefficient (Wildman–Crippen LogP) is 1.88. The zero-order valence-corrected chi connectivity index (χ0v) is 12.0. The quantitative estimate of drug-likeness (QED) is 0.840. The van der Waals surface area contributed by atoms with Crippen molar-refractivity contribution in [1.29, 1.82) is 0 Å². The van der Waals surface area contributed by atoms with Gasteiger partial charge in [0.25, 0.3) is 5.91 Å². The molecule has 1 amide bonds. The van der Waals surface area contributed by atoms with Gasteiger partial charge in [-0.05, 0) is 25.1 Å². The number of carbonyl (C=O) groups excluding carboxylic acids is 1. The van der Waals surface area contributed by atoms with E-state index >= 15 is 0 Å². The van der Waals surface area contributed by atoms with E-state index in [1.807, 2.05) is 6.92 Å². The third-order valence-electron chi connectivity index (χ3n) is 2.27. The fourth-order valence-corrected chi connectivity index (χ4v) is 2.01. The van der Waals surface area contributed by atoms with Crippen LogP contribution in [0, 0.1) is 0 Å². The van der Waals surface area contributed by atoms with E-state index in [4.69, 9.17) is 11.6 Å². The lowest BCUT2D eigenvalue weighted by molar-refractivity contribution is 0.0957. The molecule has 4 nitrogen and oxygen atoms in total. The normalized spacial score (nSPS) is 11.9. The van der Waals surface area contributed by atoms with Crippen molar-refractivity contribution in [2.24, 2.45) is 0 Å². The fourth-order valence-electron chi connectivity index (χ4n) is 1.45. The third-order valence-corrected chi connectivity index (χ3v) is 3.28.